The summed E-state index contributed by atoms with van der Waals surface area (Å²) in [5.74, 6) is -3.84. The van der Waals surface area contributed by atoms with Gasteiger partial charge in [0.25, 0.3) is 18.3 Å². The second kappa shape index (κ2) is 9.73. The van der Waals surface area contributed by atoms with Gasteiger partial charge in [0.1, 0.15) is 22.9 Å². The smallest absolute Gasteiger partial charge is 0.353 e. The topological polar surface area (TPSA) is 160 Å². The lowest BCUT2D eigenvalue weighted by atomic mass is 10.0. The van der Waals surface area contributed by atoms with E-state index in [1.165, 1.54) is 24.3 Å². The number of phenolic OH excluding ortho intramolecular Hbond substituents is 1. The van der Waals surface area contributed by atoms with Gasteiger partial charge in [0.2, 0.25) is 6.10 Å². The minimum atomic E-state index is -1.46. The summed E-state index contributed by atoms with van der Waals surface area (Å²) in [7, 11) is 0. The van der Waals surface area contributed by atoms with Crippen LogP contribution in [0.4, 0.5) is 0 Å². The molecular formula is C20H20N2O9S. The summed E-state index contributed by atoms with van der Waals surface area (Å²) in [6.45, 7) is 1.99. The fraction of sp³-hybridized carbons (Fsp3) is 0.350. The van der Waals surface area contributed by atoms with Crippen LogP contribution in [0.5, 0.6) is 5.75 Å². The predicted molar refractivity (Wildman–Crippen MR) is 109 cm³/mol. The van der Waals surface area contributed by atoms with Gasteiger partial charge in [-0.2, -0.15) is 0 Å². The van der Waals surface area contributed by atoms with Gasteiger partial charge in [-0.05, 0) is 18.6 Å². The van der Waals surface area contributed by atoms with E-state index in [9.17, 15) is 34.2 Å². The number of phenols is 1. The molecule has 3 N–H and O–H groups in total. The van der Waals surface area contributed by atoms with Gasteiger partial charge in [0.15, 0.2) is 0 Å². The Hall–Kier alpha value is -3.54. The standard InChI is InChI=1S/C20H20N2O9S/c1-2-7-30-20(29)12-8-32-18-13(17(26)22(18)14(12)19(27)28)21-16(25)15(31-9-23)10-3-5-11(24)6-4-10/h3-6,9,13,15,18,24H,2,7-8H2,1H3,(H,21,25)(H,27,28)/t13?,15-,18-/m1/s1. The van der Waals surface area contributed by atoms with Crippen molar-refractivity contribution in [3.05, 3.63) is 41.1 Å². The average Bonchev–Trinajstić information content (AvgIpc) is 2.78. The number of thioether (sulfide) groups is 1. The number of rotatable bonds is 9. The van der Waals surface area contributed by atoms with Crippen molar-refractivity contribution in [2.24, 2.45) is 0 Å². The number of hydrogen-bond donors (Lipinski definition) is 3. The van der Waals surface area contributed by atoms with Crippen LogP contribution in [0.2, 0.25) is 0 Å². The fourth-order valence-corrected chi connectivity index (χ4v) is 4.61. The first kappa shape index (κ1) is 23.1. The number of ether oxygens (including phenoxy) is 2. The van der Waals surface area contributed by atoms with Crippen LogP contribution in [0.3, 0.4) is 0 Å². The van der Waals surface area contributed by atoms with E-state index in [4.69, 9.17) is 9.47 Å². The molecule has 170 valence electrons. The van der Waals surface area contributed by atoms with E-state index in [0.717, 1.165) is 16.7 Å². The van der Waals surface area contributed by atoms with Crippen molar-refractivity contribution in [3.8, 4) is 5.75 Å². The molecule has 0 spiro atoms. The maximum atomic E-state index is 12.7. The minimum absolute atomic E-state index is 0.0166. The quantitative estimate of drug-likeness (QED) is 0.263. The van der Waals surface area contributed by atoms with E-state index in [-0.39, 0.29) is 35.7 Å². The zero-order valence-corrected chi connectivity index (χ0v) is 17.7. The lowest BCUT2D eigenvalue weighted by Crippen LogP contribution is -2.71. The zero-order valence-electron chi connectivity index (χ0n) is 16.8. The summed E-state index contributed by atoms with van der Waals surface area (Å²) in [6, 6.07) is 4.30. The van der Waals surface area contributed by atoms with Crippen molar-refractivity contribution in [2.45, 2.75) is 30.9 Å². The number of β-lactam (4-membered cyclic amide) rings is 1. The number of hydrogen-bond acceptors (Lipinski definition) is 9. The number of fused-ring (bicyclic) bond motifs is 1. The third-order valence-corrected chi connectivity index (χ3v) is 6.06. The van der Waals surface area contributed by atoms with Gasteiger partial charge in [-0.3, -0.25) is 19.3 Å². The van der Waals surface area contributed by atoms with Gasteiger partial charge >= 0.3 is 11.9 Å². The van der Waals surface area contributed by atoms with E-state index in [0.29, 0.717) is 6.42 Å². The van der Waals surface area contributed by atoms with E-state index in [2.05, 4.69) is 5.32 Å². The van der Waals surface area contributed by atoms with Crippen molar-refractivity contribution >= 4 is 42.0 Å². The van der Waals surface area contributed by atoms with Crippen molar-refractivity contribution in [1.82, 2.24) is 10.2 Å². The second-order valence-electron chi connectivity index (χ2n) is 6.87. The van der Waals surface area contributed by atoms with E-state index in [1.54, 1.807) is 6.92 Å². The summed E-state index contributed by atoms with van der Waals surface area (Å²) in [6.07, 6.45) is -0.823. The number of aromatic hydroxyl groups is 1. The minimum Gasteiger partial charge on any atom is -0.508 e. The number of nitrogens with zero attached hydrogens (tertiary/aromatic N) is 1. The molecule has 0 bridgehead atoms. The Balaban J connectivity index is 1.78. The maximum absolute atomic E-state index is 12.7. The molecule has 32 heavy (non-hydrogen) atoms. The third kappa shape index (κ3) is 4.40. The van der Waals surface area contributed by atoms with Crippen molar-refractivity contribution < 1.29 is 43.7 Å². The molecule has 2 aliphatic heterocycles. The molecule has 3 atom stereocenters. The van der Waals surface area contributed by atoms with Crippen LogP contribution >= 0.6 is 11.8 Å². The zero-order chi connectivity index (χ0) is 23.4. The van der Waals surface area contributed by atoms with Crippen LogP contribution in [0.25, 0.3) is 0 Å². The Morgan fingerprint density at radius 1 is 1.31 bits per heavy atom. The number of carboxylic acids is 1. The van der Waals surface area contributed by atoms with Gasteiger partial charge in [0.05, 0.1) is 12.2 Å². The number of aliphatic carboxylic acids is 1. The molecule has 2 heterocycles. The molecule has 1 aromatic carbocycles. The number of amides is 2. The molecular weight excluding hydrogens is 444 g/mol. The first-order valence-corrected chi connectivity index (χ1v) is 10.6. The first-order valence-electron chi connectivity index (χ1n) is 9.56. The first-order chi connectivity index (χ1) is 15.3. The maximum Gasteiger partial charge on any atom is 0.353 e. The van der Waals surface area contributed by atoms with Crippen LogP contribution < -0.4 is 5.32 Å². The largest absolute Gasteiger partial charge is 0.508 e. The summed E-state index contributed by atoms with van der Waals surface area (Å²) in [4.78, 5) is 61.2. The van der Waals surface area contributed by atoms with Crippen molar-refractivity contribution in [1.29, 1.82) is 0 Å². The van der Waals surface area contributed by atoms with E-state index >= 15 is 0 Å². The molecule has 2 aliphatic rings. The molecule has 1 aromatic rings. The lowest BCUT2D eigenvalue weighted by Gasteiger charge is -2.49. The van der Waals surface area contributed by atoms with Gasteiger partial charge < -0.3 is 25.0 Å². The van der Waals surface area contributed by atoms with E-state index < -0.39 is 47.0 Å². The number of carboxylic acid groups (broad SMARTS) is 1. The summed E-state index contributed by atoms with van der Waals surface area (Å²) >= 11 is 1.11. The van der Waals surface area contributed by atoms with Gasteiger partial charge in [0, 0.05) is 11.3 Å². The van der Waals surface area contributed by atoms with Gasteiger partial charge in [-0.25, -0.2) is 9.59 Å². The van der Waals surface area contributed by atoms with Crippen molar-refractivity contribution in [2.75, 3.05) is 12.4 Å². The monoisotopic (exact) mass is 464 g/mol. The molecule has 1 unspecified atom stereocenters. The highest BCUT2D eigenvalue weighted by Gasteiger charge is 2.55. The number of carbonyl (C=O) groups excluding carboxylic acids is 4. The Morgan fingerprint density at radius 3 is 2.59 bits per heavy atom. The third-order valence-electron chi connectivity index (χ3n) is 4.78. The molecule has 0 aliphatic carbocycles. The Labute approximate surface area is 186 Å². The molecule has 0 aromatic heterocycles. The molecule has 2 amide bonds. The number of benzene rings is 1. The van der Waals surface area contributed by atoms with Gasteiger partial charge in [-0.15, -0.1) is 11.8 Å². The number of carbonyl (C=O) groups is 5. The molecule has 11 nitrogen and oxygen atoms in total. The fourth-order valence-electron chi connectivity index (χ4n) is 3.28. The SMILES string of the molecule is CCCOC(=O)C1=C(C(=O)O)N2C(=O)C(NC(=O)[C@H](OC=O)c3ccc(O)cc3)[C@H]2SC1. The lowest BCUT2D eigenvalue weighted by molar-refractivity contribution is -0.154. The highest BCUT2D eigenvalue weighted by atomic mass is 32.2. The Morgan fingerprint density at radius 2 is 2.00 bits per heavy atom. The molecule has 12 heteroatoms. The summed E-state index contributed by atoms with van der Waals surface area (Å²) in [5, 5.41) is 20.7. The summed E-state index contributed by atoms with van der Waals surface area (Å²) < 4.78 is 9.86. The van der Waals surface area contributed by atoms with Crippen LogP contribution in [-0.4, -0.2) is 69.1 Å². The molecule has 0 radical (unpaired) electrons. The van der Waals surface area contributed by atoms with Crippen LogP contribution in [-0.2, 0) is 33.4 Å². The summed E-state index contributed by atoms with van der Waals surface area (Å²) in [5.41, 5.74) is -0.333. The van der Waals surface area contributed by atoms with Crippen LogP contribution in [0.15, 0.2) is 35.5 Å². The van der Waals surface area contributed by atoms with Crippen LogP contribution in [0, 0.1) is 0 Å². The predicted octanol–water partition coefficient (Wildman–Crippen LogP) is 0.298. The van der Waals surface area contributed by atoms with E-state index in [1.807, 2.05) is 0 Å². The Kier molecular flexibility index (Phi) is 7.03. The average molecular weight is 464 g/mol. The normalized spacial score (nSPS) is 20.5. The highest BCUT2D eigenvalue weighted by Crippen LogP contribution is 2.41. The molecule has 0 saturated carbocycles. The Bertz CT molecular complexity index is 976. The van der Waals surface area contributed by atoms with Crippen molar-refractivity contribution in [3.63, 3.8) is 0 Å². The molecule has 3 rings (SSSR count). The van der Waals surface area contributed by atoms with Crippen LogP contribution in [0.1, 0.15) is 25.0 Å². The molecule has 1 fully saturated rings. The van der Waals surface area contributed by atoms with Gasteiger partial charge in [-0.1, -0.05) is 19.1 Å². The highest BCUT2D eigenvalue weighted by molar-refractivity contribution is 8.00. The molecule has 1 saturated heterocycles. The number of esters is 1. The number of nitrogens with one attached hydrogen (secondary N) is 1. The second-order valence-corrected chi connectivity index (χ2v) is 7.97.